The van der Waals surface area contributed by atoms with Crippen molar-refractivity contribution in [3.8, 4) is 5.88 Å². The van der Waals surface area contributed by atoms with Crippen LogP contribution >= 0.6 is 0 Å². The van der Waals surface area contributed by atoms with Crippen LogP contribution in [0.4, 0.5) is 4.39 Å². The summed E-state index contributed by atoms with van der Waals surface area (Å²) in [5.41, 5.74) is 4.15. The van der Waals surface area contributed by atoms with E-state index in [-0.39, 0.29) is 29.6 Å². The number of carbonyl (C=O) groups is 1. The van der Waals surface area contributed by atoms with Gasteiger partial charge < -0.3 is 10.8 Å². The Hall–Kier alpha value is -0.720. The molecule has 0 atom stereocenters. The van der Waals surface area contributed by atoms with Crippen molar-refractivity contribution in [1.29, 1.82) is 0 Å². The normalized spacial score (nSPS) is 8.75. The predicted molar refractivity (Wildman–Crippen MR) is 39.3 cm³/mol. The summed E-state index contributed by atoms with van der Waals surface area (Å²) in [6, 6.07) is 0. The first-order valence-electron chi connectivity index (χ1n) is 2.62. The number of amides is 1. The van der Waals surface area contributed by atoms with Gasteiger partial charge in [-0.05, 0) is 0 Å². The zero-order chi connectivity index (χ0) is 8.43. The van der Waals surface area contributed by atoms with E-state index in [1.807, 2.05) is 0 Å². The molecule has 0 bridgehead atoms. The van der Waals surface area contributed by atoms with E-state index in [0.29, 0.717) is 6.20 Å². The van der Waals surface area contributed by atoms with Gasteiger partial charge in [-0.15, -0.1) is 0 Å². The number of rotatable bonds is 1. The standard InChI is InChI=1S/C5H4FN3O2.Na.H/c6-2-1-8-5(11)3(9-2)4(7)10;;/h1H,(H2,7,10)(H,8,11);;. The fraction of sp³-hybridized carbons (Fsp3) is 0. The van der Waals surface area contributed by atoms with Crippen molar-refractivity contribution in [2.75, 3.05) is 0 Å². The molecule has 0 aliphatic carbocycles. The van der Waals surface area contributed by atoms with Crippen molar-refractivity contribution < 1.29 is 14.3 Å². The van der Waals surface area contributed by atoms with E-state index in [0.717, 1.165) is 0 Å². The third-order valence-electron chi connectivity index (χ3n) is 0.957. The topological polar surface area (TPSA) is 89.1 Å². The van der Waals surface area contributed by atoms with Crippen LogP contribution < -0.4 is 5.73 Å². The van der Waals surface area contributed by atoms with Gasteiger partial charge in [0, 0.05) is 0 Å². The average Bonchev–Trinajstić information content (AvgIpc) is 1.94. The van der Waals surface area contributed by atoms with Gasteiger partial charge in [0.25, 0.3) is 5.91 Å². The van der Waals surface area contributed by atoms with E-state index in [2.05, 4.69) is 9.97 Å². The number of hydrogen-bond donors (Lipinski definition) is 2. The number of primary amides is 1. The van der Waals surface area contributed by atoms with Crippen LogP contribution in [0.15, 0.2) is 6.20 Å². The van der Waals surface area contributed by atoms with Gasteiger partial charge in [0.1, 0.15) is 0 Å². The van der Waals surface area contributed by atoms with Gasteiger partial charge in [-0.3, -0.25) is 4.79 Å². The van der Waals surface area contributed by atoms with Gasteiger partial charge in [0.15, 0.2) is 5.69 Å². The molecule has 0 saturated carbocycles. The number of nitrogens with zero attached hydrogens (tertiary/aromatic N) is 2. The van der Waals surface area contributed by atoms with E-state index >= 15 is 0 Å². The van der Waals surface area contributed by atoms with Crippen molar-refractivity contribution in [3.05, 3.63) is 17.8 Å². The Morgan fingerprint density at radius 3 is 2.67 bits per heavy atom. The van der Waals surface area contributed by atoms with E-state index in [4.69, 9.17) is 10.8 Å². The van der Waals surface area contributed by atoms with Crippen LogP contribution in [0.1, 0.15) is 10.5 Å². The number of aromatic nitrogens is 2. The van der Waals surface area contributed by atoms with E-state index in [9.17, 15) is 9.18 Å². The second kappa shape index (κ2) is 4.34. The fourth-order valence-electron chi connectivity index (χ4n) is 0.527. The average molecular weight is 181 g/mol. The Balaban J connectivity index is 0.00000121. The Morgan fingerprint density at radius 2 is 2.25 bits per heavy atom. The number of aromatic hydroxyl groups is 1. The van der Waals surface area contributed by atoms with E-state index < -0.39 is 23.4 Å². The number of nitrogens with two attached hydrogens (primary N) is 1. The molecule has 0 aliphatic rings. The zero-order valence-electron chi connectivity index (χ0n) is 5.28. The third kappa shape index (κ3) is 2.40. The monoisotopic (exact) mass is 181 g/mol. The molecule has 0 aromatic carbocycles. The molecule has 1 heterocycles. The van der Waals surface area contributed by atoms with Crippen molar-refractivity contribution in [2.24, 2.45) is 5.73 Å². The van der Waals surface area contributed by atoms with Gasteiger partial charge in [-0.1, -0.05) is 0 Å². The summed E-state index contributed by atoms with van der Waals surface area (Å²) < 4.78 is 12.2. The Bertz CT molecular complexity index is 307. The molecule has 3 N–H and O–H groups in total. The molecule has 12 heavy (non-hydrogen) atoms. The minimum absolute atomic E-state index is 0. The van der Waals surface area contributed by atoms with Crippen LogP contribution in [0.5, 0.6) is 5.88 Å². The summed E-state index contributed by atoms with van der Waals surface area (Å²) in [5, 5.41) is 8.76. The van der Waals surface area contributed by atoms with Gasteiger partial charge >= 0.3 is 29.6 Å². The molecule has 0 unspecified atom stereocenters. The fourth-order valence-corrected chi connectivity index (χ4v) is 0.527. The molecular formula is C5H5FN3NaO2. The van der Waals surface area contributed by atoms with Gasteiger partial charge in [0.2, 0.25) is 11.8 Å². The molecule has 1 amide bonds. The summed E-state index contributed by atoms with van der Waals surface area (Å²) in [6.45, 7) is 0. The first-order chi connectivity index (χ1) is 5.11. The van der Waals surface area contributed by atoms with Gasteiger partial charge in [-0.25, -0.2) is 9.97 Å². The summed E-state index contributed by atoms with van der Waals surface area (Å²) in [6.07, 6.45) is 0.682. The van der Waals surface area contributed by atoms with Crippen LogP contribution in [0.3, 0.4) is 0 Å². The molecule has 0 radical (unpaired) electrons. The molecule has 0 aliphatic heterocycles. The van der Waals surface area contributed by atoms with Crippen LogP contribution in [-0.4, -0.2) is 50.5 Å². The summed E-state index contributed by atoms with van der Waals surface area (Å²) in [5.74, 6) is -2.65. The van der Waals surface area contributed by atoms with Crippen LogP contribution in [0.2, 0.25) is 0 Å². The predicted octanol–water partition coefficient (Wildman–Crippen LogP) is -1.23. The number of carbonyl (C=O) groups excluding carboxylic acids is 1. The Kier molecular flexibility index (Phi) is 4.08. The summed E-state index contributed by atoms with van der Waals surface area (Å²) >= 11 is 0. The van der Waals surface area contributed by atoms with Gasteiger partial charge in [0.05, 0.1) is 6.20 Å². The van der Waals surface area contributed by atoms with Crippen molar-refractivity contribution >= 4 is 35.5 Å². The van der Waals surface area contributed by atoms with Crippen molar-refractivity contribution in [3.63, 3.8) is 0 Å². The maximum atomic E-state index is 12.2. The number of hydrogen-bond acceptors (Lipinski definition) is 4. The van der Waals surface area contributed by atoms with E-state index in [1.165, 1.54) is 0 Å². The molecule has 0 spiro atoms. The third-order valence-corrected chi connectivity index (χ3v) is 0.957. The number of halogens is 1. The maximum absolute atomic E-state index is 12.2. The summed E-state index contributed by atoms with van der Waals surface area (Å²) in [4.78, 5) is 16.5. The quantitative estimate of drug-likeness (QED) is 0.531. The molecule has 1 aromatic rings. The summed E-state index contributed by atoms with van der Waals surface area (Å²) in [7, 11) is 0. The first kappa shape index (κ1) is 11.3. The second-order valence-corrected chi connectivity index (χ2v) is 1.73. The molecule has 0 saturated heterocycles. The Labute approximate surface area is 89.1 Å². The second-order valence-electron chi connectivity index (χ2n) is 1.73. The Morgan fingerprint density at radius 1 is 1.67 bits per heavy atom. The molecular weight excluding hydrogens is 176 g/mol. The molecule has 7 heteroatoms. The van der Waals surface area contributed by atoms with Crippen LogP contribution in [0, 0.1) is 5.95 Å². The van der Waals surface area contributed by atoms with Crippen LogP contribution in [0.25, 0.3) is 0 Å². The minimum atomic E-state index is -1.02. The molecule has 60 valence electrons. The molecule has 1 rings (SSSR count). The molecule has 5 nitrogen and oxygen atoms in total. The van der Waals surface area contributed by atoms with Crippen LogP contribution in [-0.2, 0) is 0 Å². The van der Waals surface area contributed by atoms with Crippen molar-refractivity contribution in [2.45, 2.75) is 0 Å². The van der Waals surface area contributed by atoms with Crippen molar-refractivity contribution in [1.82, 2.24) is 9.97 Å². The molecule has 1 aromatic heterocycles. The zero-order valence-corrected chi connectivity index (χ0v) is 5.28. The SMILES string of the molecule is NC(=O)c1nc(F)cnc1O.[NaH]. The van der Waals surface area contributed by atoms with E-state index in [1.54, 1.807) is 0 Å². The first-order valence-corrected chi connectivity index (χ1v) is 2.62. The molecule has 0 fully saturated rings. The van der Waals surface area contributed by atoms with Gasteiger partial charge in [-0.2, -0.15) is 4.39 Å².